The van der Waals surface area contributed by atoms with Gasteiger partial charge in [-0.25, -0.2) is 0 Å². The Morgan fingerprint density at radius 2 is 1.87 bits per heavy atom. The van der Waals surface area contributed by atoms with E-state index in [0.29, 0.717) is 12.1 Å². The van der Waals surface area contributed by atoms with Crippen molar-refractivity contribution < 1.29 is 4.74 Å². The molecule has 2 fully saturated rings. The SMILES string of the molecule is CCNC(COC1CCC1)C1CCCC1. The highest BCUT2D eigenvalue weighted by molar-refractivity contribution is 4.81. The van der Waals surface area contributed by atoms with Crippen molar-refractivity contribution in [2.24, 2.45) is 5.92 Å². The summed E-state index contributed by atoms with van der Waals surface area (Å²) in [5.41, 5.74) is 0. The molecular formula is C13H25NO. The highest BCUT2D eigenvalue weighted by Gasteiger charge is 2.26. The second kappa shape index (κ2) is 5.86. The molecule has 2 rings (SSSR count). The molecule has 0 amide bonds. The molecule has 1 N–H and O–H groups in total. The van der Waals surface area contributed by atoms with Gasteiger partial charge < -0.3 is 10.1 Å². The topological polar surface area (TPSA) is 21.3 Å². The molecule has 2 aliphatic carbocycles. The largest absolute Gasteiger partial charge is 0.377 e. The van der Waals surface area contributed by atoms with Crippen molar-refractivity contribution >= 4 is 0 Å². The van der Waals surface area contributed by atoms with Crippen LogP contribution in [0.15, 0.2) is 0 Å². The van der Waals surface area contributed by atoms with E-state index in [1.165, 1.54) is 44.9 Å². The van der Waals surface area contributed by atoms with Crippen molar-refractivity contribution in [3.8, 4) is 0 Å². The summed E-state index contributed by atoms with van der Waals surface area (Å²) in [5.74, 6) is 0.880. The van der Waals surface area contributed by atoms with E-state index < -0.39 is 0 Å². The summed E-state index contributed by atoms with van der Waals surface area (Å²) in [6.45, 7) is 4.23. The zero-order valence-corrected chi connectivity index (χ0v) is 10.0. The van der Waals surface area contributed by atoms with Gasteiger partial charge in [0.05, 0.1) is 12.7 Å². The van der Waals surface area contributed by atoms with Crippen LogP contribution in [0.1, 0.15) is 51.9 Å². The van der Waals surface area contributed by atoms with E-state index in [9.17, 15) is 0 Å². The Morgan fingerprint density at radius 3 is 2.40 bits per heavy atom. The van der Waals surface area contributed by atoms with E-state index in [1.54, 1.807) is 0 Å². The van der Waals surface area contributed by atoms with Gasteiger partial charge in [0.2, 0.25) is 0 Å². The maximum absolute atomic E-state index is 5.94. The minimum Gasteiger partial charge on any atom is -0.377 e. The number of hydrogen-bond donors (Lipinski definition) is 1. The number of hydrogen-bond acceptors (Lipinski definition) is 2. The maximum Gasteiger partial charge on any atom is 0.0626 e. The standard InChI is InChI=1S/C13H25NO/c1-2-14-13(11-6-3-4-7-11)10-15-12-8-5-9-12/h11-14H,2-10H2,1H3. The Morgan fingerprint density at radius 1 is 1.13 bits per heavy atom. The third-order valence-electron chi connectivity index (χ3n) is 4.00. The molecule has 0 bridgehead atoms. The highest BCUT2D eigenvalue weighted by atomic mass is 16.5. The van der Waals surface area contributed by atoms with Gasteiger partial charge in [0.25, 0.3) is 0 Å². The van der Waals surface area contributed by atoms with Crippen molar-refractivity contribution in [3.63, 3.8) is 0 Å². The molecule has 2 nitrogen and oxygen atoms in total. The van der Waals surface area contributed by atoms with Crippen LogP contribution in [0.5, 0.6) is 0 Å². The maximum atomic E-state index is 5.94. The summed E-state index contributed by atoms with van der Waals surface area (Å²) in [4.78, 5) is 0. The lowest BCUT2D eigenvalue weighted by molar-refractivity contribution is -0.0154. The van der Waals surface area contributed by atoms with Gasteiger partial charge in [-0.05, 0) is 44.6 Å². The molecule has 0 aromatic carbocycles. The monoisotopic (exact) mass is 211 g/mol. The van der Waals surface area contributed by atoms with Crippen molar-refractivity contribution in [3.05, 3.63) is 0 Å². The lowest BCUT2D eigenvalue weighted by atomic mass is 9.95. The predicted octanol–water partition coefficient (Wildman–Crippen LogP) is 2.72. The molecule has 1 atom stereocenters. The van der Waals surface area contributed by atoms with Gasteiger partial charge in [-0.1, -0.05) is 19.8 Å². The van der Waals surface area contributed by atoms with Gasteiger partial charge in [-0.15, -0.1) is 0 Å². The molecule has 2 saturated carbocycles. The summed E-state index contributed by atoms with van der Waals surface area (Å²) >= 11 is 0. The van der Waals surface area contributed by atoms with E-state index >= 15 is 0 Å². The molecule has 0 saturated heterocycles. The van der Waals surface area contributed by atoms with Crippen molar-refractivity contribution in [2.75, 3.05) is 13.2 Å². The van der Waals surface area contributed by atoms with Gasteiger partial charge in [0.1, 0.15) is 0 Å². The third-order valence-corrected chi connectivity index (χ3v) is 4.00. The lowest BCUT2D eigenvalue weighted by Gasteiger charge is -2.30. The van der Waals surface area contributed by atoms with Crippen LogP contribution >= 0.6 is 0 Å². The molecule has 0 aliphatic heterocycles. The van der Waals surface area contributed by atoms with Crippen LogP contribution in [0.25, 0.3) is 0 Å². The normalized spacial score (nSPS) is 25.4. The van der Waals surface area contributed by atoms with E-state index in [-0.39, 0.29) is 0 Å². The first-order valence-electron chi connectivity index (χ1n) is 6.75. The molecule has 0 aromatic heterocycles. The van der Waals surface area contributed by atoms with Crippen molar-refractivity contribution in [1.82, 2.24) is 5.32 Å². The Balaban J connectivity index is 1.71. The number of rotatable bonds is 6. The number of likely N-dealkylation sites (N-methyl/N-ethyl adjacent to an activating group) is 1. The fraction of sp³-hybridized carbons (Fsp3) is 1.00. The first kappa shape index (κ1) is 11.4. The summed E-state index contributed by atoms with van der Waals surface area (Å²) < 4.78 is 5.94. The zero-order valence-electron chi connectivity index (χ0n) is 10.0. The van der Waals surface area contributed by atoms with Crippen LogP contribution < -0.4 is 5.32 Å². The Kier molecular flexibility index (Phi) is 4.45. The van der Waals surface area contributed by atoms with Gasteiger partial charge in [-0.2, -0.15) is 0 Å². The zero-order chi connectivity index (χ0) is 10.5. The average Bonchev–Trinajstić information content (AvgIpc) is 2.66. The Labute approximate surface area is 93.8 Å². The number of ether oxygens (including phenoxy) is 1. The second-order valence-electron chi connectivity index (χ2n) is 5.09. The minimum absolute atomic E-state index is 0.590. The van der Waals surface area contributed by atoms with Crippen LogP contribution in [0.2, 0.25) is 0 Å². The van der Waals surface area contributed by atoms with E-state index in [1.807, 2.05) is 0 Å². The molecule has 0 spiro atoms. The van der Waals surface area contributed by atoms with Crippen LogP contribution in [-0.2, 0) is 4.74 Å². The summed E-state index contributed by atoms with van der Waals surface area (Å²) in [6.07, 6.45) is 10.2. The van der Waals surface area contributed by atoms with Gasteiger partial charge in [0, 0.05) is 6.04 Å². The third kappa shape index (κ3) is 3.18. The molecule has 0 heterocycles. The molecule has 1 unspecified atom stereocenters. The van der Waals surface area contributed by atoms with E-state index in [0.717, 1.165) is 19.1 Å². The van der Waals surface area contributed by atoms with E-state index in [2.05, 4.69) is 12.2 Å². The summed E-state index contributed by atoms with van der Waals surface area (Å²) in [5, 5.41) is 3.60. The molecule has 88 valence electrons. The molecule has 0 radical (unpaired) electrons. The minimum atomic E-state index is 0.590. The van der Waals surface area contributed by atoms with Crippen LogP contribution in [-0.4, -0.2) is 25.3 Å². The van der Waals surface area contributed by atoms with Gasteiger partial charge in [0.15, 0.2) is 0 Å². The van der Waals surface area contributed by atoms with Crippen molar-refractivity contribution in [1.29, 1.82) is 0 Å². The average molecular weight is 211 g/mol. The number of nitrogens with one attached hydrogen (secondary N) is 1. The van der Waals surface area contributed by atoms with Crippen LogP contribution in [0.4, 0.5) is 0 Å². The highest BCUT2D eigenvalue weighted by Crippen LogP contribution is 2.29. The first-order chi connectivity index (χ1) is 7.40. The van der Waals surface area contributed by atoms with E-state index in [4.69, 9.17) is 4.74 Å². The Hall–Kier alpha value is -0.0800. The summed E-state index contributed by atoms with van der Waals surface area (Å²) in [6, 6.07) is 0.623. The summed E-state index contributed by atoms with van der Waals surface area (Å²) in [7, 11) is 0. The molecular weight excluding hydrogens is 186 g/mol. The predicted molar refractivity (Wildman–Crippen MR) is 63.0 cm³/mol. The van der Waals surface area contributed by atoms with Gasteiger partial charge >= 0.3 is 0 Å². The molecule has 0 aromatic rings. The van der Waals surface area contributed by atoms with Crippen molar-refractivity contribution in [2.45, 2.75) is 64.0 Å². The molecule has 2 aliphatic rings. The second-order valence-corrected chi connectivity index (χ2v) is 5.09. The first-order valence-corrected chi connectivity index (χ1v) is 6.75. The Bertz CT molecular complexity index is 173. The fourth-order valence-corrected chi connectivity index (χ4v) is 2.76. The van der Waals surface area contributed by atoms with Crippen LogP contribution in [0.3, 0.4) is 0 Å². The smallest absolute Gasteiger partial charge is 0.0626 e. The quantitative estimate of drug-likeness (QED) is 0.729. The fourth-order valence-electron chi connectivity index (χ4n) is 2.76. The van der Waals surface area contributed by atoms with Gasteiger partial charge in [-0.3, -0.25) is 0 Å². The van der Waals surface area contributed by atoms with Crippen LogP contribution in [0, 0.1) is 5.92 Å². The molecule has 2 heteroatoms. The lowest BCUT2D eigenvalue weighted by Crippen LogP contribution is -2.41. The molecule has 15 heavy (non-hydrogen) atoms.